The van der Waals surface area contributed by atoms with Crippen LogP contribution in [0.4, 0.5) is 0 Å². The van der Waals surface area contributed by atoms with E-state index in [-0.39, 0.29) is 6.04 Å². The van der Waals surface area contributed by atoms with Crippen molar-refractivity contribution in [2.75, 3.05) is 0 Å². The first-order valence-electron chi connectivity index (χ1n) is 7.32. The van der Waals surface area contributed by atoms with E-state index in [9.17, 15) is 0 Å². The molecule has 1 fully saturated rings. The Kier molecular flexibility index (Phi) is 4.38. The van der Waals surface area contributed by atoms with E-state index in [0.717, 1.165) is 18.1 Å². The number of aromatic nitrogens is 3. The Morgan fingerprint density at radius 3 is 2.56 bits per heavy atom. The molecule has 1 aromatic rings. The van der Waals surface area contributed by atoms with Crippen LogP contribution < -0.4 is 5.73 Å². The monoisotopic (exact) mass is 250 g/mol. The zero-order valence-corrected chi connectivity index (χ0v) is 11.9. The van der Waals surface area contributed by atoms with Gasteiger partial charge in [0.15, 0.2) is 5.82 Å². The number of hydrogen-bond acceptors (Lipinski definition) is 3. The highest BCUT2D eigenvalue weighted by Crippen LogP contribution is 2.32. The SMILES string of the molecule is CCC(C)[C@H](N)c1nnc(C)n1C1CCCCC1. The molecule has 2 atom stereocenters. The number of rotatable bonds is 4. The van der Waals surface area contributed by atoms with Gasteiger partial charge >= 0.3 is 0 Å². The highest BCUT2D eigenvalue weighted by atomic mass is 15.3. The van der Waals surface area contributed by atoms with Gasteiger partial charge < -0.3 is 10.3 Å². The van der Waals surface area contributed by atoms with Gasteiger partial charge in [0, 0.05) is 6.04 Å². The minimum atomic E-state index is 0.0122. The molecular formula is C14H26N4. The van der Waals surface area contributed by atoms with Crippen LogP contribution in [-0.4, -0.2) is 14.8 Å². The molecule has 4 heteroatoms. The summed E-state index contributed by atoms with van der Waals surface area (Å²) in [6.45, 7) is 6.42. The molecule has 4 nitrogen and oxygen atoms in total. The van der Waals surface area contributed by atoms with Crippen molar-refractivity contribution in [3.05, 3.63) is 11.6 Å². The molecule has 0 aromatic carbocycles. The third-order valence-electron chi connectivity index (χ3n) is 4.39. The van der Waals surface area contributed by atoms with E-state index >= 15 is 0 Å². The summed E-state index contributed by atoms with van der Waals surface area (Å²) in [5.74, 6) is 2.47. The zero-order chi connectivity index (χ0) is 13.1. The van der Waals surface area contributed by atoms with Gasteiger partial charge in [-0.25, -0.2) is 0 Å². The molecule has 0 amide bonds. The fraction of sp³-hybridized carbons (Fsp3) is 0.857. The van der Waals surface area contributed by atoms with Gasteiger partial charge in [0.1, 0.15) is 5.82 Å². The average Bonchev–Trinajstić information content (AvgIpc) is 2.79. The number of nitrogens with zero attached hydrogens (tertiary/aromatic N) is 3. The summed E-state index contributed by atoms with van der Waals surface area (Å²) < 4.78 is 2.32. The number of nitrogens with two attached hydrogens (primary N) is 1. The molecule has 1 heterocycles. The molecule has 0 spiro atoms. The second kappa shape index (κ2) is 5.83. The third-order valence-corrected chi connectivity index (χ3v) is 4.39. The Bertz CT molecular complexity index is 379. The Hall–Kier alpha value is -0.900. The molecule has 1 unspecified atom stereocenters. The highest BCUT2D eigenvalue weighted by Gasteiger charge is 2.26. The van der Waals surface area contributed by atoms with Crippen LogP contribution in [0.15, 0.2) is 0 Å². The molecular weight excluding hydrogens is 224 g/mol. The first-order chi connectivity index (χ1) is 8.65. The summed E-state index contributed by atoms with van der Waals surface area (Å²) in [5.41, 5.74) is 6.35. The van der Waals surface area contributed by atoms with Gasteiger partial charge in [-0.1, -0.05) is 39.5 Å². The Labute approximate surface area is 110 Å². The normalized spacial score (nSPS) is 20.9. The van der Waals surface area contributed by atoms with Crippen LogP contribution in [0, 0.1) is 12.8 Å². The van der Waals surface area contributed by atoms with Crippen molar-refractivity contribution >= 4 is 0 Å². The maximum Gasteiger partial charge on any atom is 0.150 e. The highest BCUT2D eigenvalue weighted by molar-refractivity contribution is 5.03. The molecule has 2 N–H and O–H groups in total. The molecule has 1 aliphatic rings. The molecule has 18 heavy (non-hydrogen) atoms. The lowest BCUT2D eigenvalue weighted by molar-refractivity contribution is 0.323. The van der Waals surface area contributed by atoms with Crippen LogP contribution in [0.3, 0.4) is 0 Å². The third kappa shape index (κ3) is 2.58. The van der Waals surface area contributed by atoms with Gasteiger partial charge in [-0.15, -0.1) is 10.2 Å². The number of hydrogen-bond donors (Lipinski definition) is 1. The predicted molar refractivity (Wildman–Crippen MR) is 73.3 cm³/mol. The van der Waals surface area contributed by atoms with Gasteiger partial charge in [0.25, 0.3) is 0 Å². The first-order valence-corrected chi connectivity index (χ1v) is 7.32. The van der Waals surface area contributed by atoms with Crippen LogP contribution >= 0.6 is 0 Å². The molecule has 102 valence electrons. The van der Waals surface area contributed by atoms with Crippen molar-refractivity contribution in [1.29, 1.82) is 0 Å². The molecule has 1 aliphatic carbocycles. The van der Waals surface area contributed by atoms with Crippen molar-refractivity contribution in [2.24, 2.45) is 11.7 Å². The minimum Gasteiger partial charge on any atom is -0.321 e. The fourth-order valence-corrected chi connectivity index (χ4v) is 2.91. The van der Waals surface area contributed by atoms with E-state index in [1.54, 1.807) is 0 Å². The molecule has 0 aliphatic heterocycles. The van der Waals surface area contributed by atoms with Gasteiger partial charge in [0.05, 0.1) is 6.04 Å². The first kappa shape index (κ1) is 13.5. The van der Waals surface area contributed by atoms with E-state index < -0.39 is 0 Å². The topological polar surface area (TPSA) is 56.7 Å². The van der Waals surface area contributed by atoms with Gasteiger partial charge in [-0.2, -0.15) is 0 Å². The second-order valence-corrected chi connectivity index (χ2v) is 5.68. The van der Waals surface area contributed by atoms with Crippen molar-refractivity contribution < 1.29 is 0 Å². The lowest BCUT2D eigenvalue weighted by Crippen LogP contribution is -2.26. The van der Waals surface area contributed by atoms with Crippen molar-refractivity contribution in [1.82, 2.24) is 14.8 Å². The minimum absolute atomic E-state index is 0.0122. The molecule has 0 bridgehead atoms. The van der Waals surface area contributed by atoms with E-state index in [1.807, 2.05) is 0 Å². The van der Waals surface area contributed by atoms with Crippen molar-refractivity contribution in [2.45, 2.75) is 71.4 Å². The van der Waals surface area contributed by atoms with E-state index in [0.29, 0.717) is 12.0 Å². The van der Waals surface area contributed by atoms with Crippen molar-refractivity contribution in [3.63, 3.8) is 0 Å². The van der Waals surface area contributed by atoms with Gasteiger partial charge in [-0.05, 0) is 25.7 Å². The van der Waals surface area contributed by atoms with Crippen LogP contribution in [0.2, 0.25) is 0 Å². The summed E-state index contributed by atoms with van der Waals surface area (Å²) in [7, 11) is 0. The van der Waals surface area contributed by atoms with E-state index in [2.05, 4.69) is 35.5 Å². The van der Waals surface area contributed by atoms with Gasteiger partial charge in [-0.3, -0.25) is 0 Å². The molecule has 1 saturated carbocycles. The standard InChI is InChI=1S/C14H26N4/c1-4-10(2)13(15)14-17-16-11(3)18(14)12-8-6-5-7-9-12/h10,12-13H,4-9,15H2,1-3H3/t10?,13-/m0/s1. The summed E-state index contributed by atoms with van der Waals surface area (Å²) in [6.07, 6.45) is 7.58. The van der Waals surface area contributed by atoms with E-state index in [4.69, 9.17) is 5.73 Å². The van der Waals surface area contributed by atoms with Crippen LogP contribution in [0.25, 0.3) is 0 Å². The fourth-order valence-electron chi connectivity index (χ4n) is 2.91. The molecule has 2 rings (SSSR count). The predicted octanol–water partition coefficient (Wildman–Crippen LogP) is 3.14. The van der Waals surface area contributed by atoms with Gasteiger partial charge in [0.2, 0.25) is 0 Å². The summed E-state index contributed by atoms with van der Waals surface area (Å²) in [4.78, 5) is 0. The zero-order valence-electron chi connectivity index (χ0n) is 11.9. The smallest absolute Gasteiger partial charge is 0.150 e. The lowest BCUT2D eigenvalue weighted by Gasteiger charge is -2.27. The molecule has 0 radical (unpaired) electrons. The van der Waals surface area contributed by atoms with Crippen LogP contribution in [0.1, 0.15) is 76.1 Å². The largest absolute Gasteiger partial charge is 0.321 e. The maximum atomic E-state index is 6.35. The summed E-state index contributed by atoms with van der Waals surface area (Å²) in [6, 6.07) is 0.581. The second-order valence-electron chi connectivity index (χ2n) is 5.68. The summed E-state index contributed by atoms with van der Waals surface area (Å²) >= 11 is 0. The van der Waals surface area contributed by atoms with Crippen molar-refractivity contribution in [3.8, 4) is 0 Å². The Morgan fingerprint density at radius 2 is 1.94 bits per heavy atom. The number of aryl methyl sites for hydroxylation is 1. The maximum absolute atomic E-state index is 6.35. The quantitative estimate of drug-likeness (QED) is 0.893. The molecule has 1 aromatic heterocycles. The van der Waals surface area contributed by atoms with E-state index in [1.165, 1.54) is 32.1 Å². The van der Waals surface area contributed by atoms with Crippen LogP contribution in [-0.2, 0) is 0 Å². The van der Waals surface area contributed by atoms with Crippen LogP contribution in [0.5, 0.6) is 0 Å². The molecule has 0 saturated heterocycles. The summed E-state index contributed by atoms with van der Waals surface area (Å²) in [5, 5.41) is 8.61. The Morgan fingerprint density at radius 1 is 1.28 bits per heavy atom. The average molecular weight is 250 g/mol. The Balaban J connectivity index is 2.25. The lowest BCUT2D eigenvalue weighted by atomic mass is 9.94.